The van der Waals surface area contributed by atoms with Gasteiger partial charge in [0.2, 0.25) is 0 Å². The standard InChI is InChI=1S/C16H22FN5/c1-3-19-16(20-7-9-22-8-6-18-12-22)21-11-14-4-5-15(17)13(2)10-14/h4-6,8,10,12H,3,7,9,11H2,1-2H3,(H2,19,20,21). The molecule has 118 valence electrons. The van der Waals surface area contributed by atoms with Crippen LogP contribution in [0.1, 0.15) is 18.1 Å². The van der Waals surface area contributed by atoms with Crippen molar-refractivity contribution in [3.05, 3.63) is 53.9 Å². The summed E-state index contributed by atoms with van der Waals surface area (Å²) in [4.78, 5) is 8.53. The lowest BCUT2D eigenvalue weighted by Gasteiger charge is -2.11. The third-order valence-electron chi connectivity index (χ3n) is 3.21. The van der Waals surface area contributed by atoms with Crippen molar-refractivity contribution in [1.82, 2.24) is 20.2 Å². The van der Waals surface area contributed by atoms with Crippen molar-refractivity contribution in [3.63, 3.8) is 0 Å². The Labute approximate surface area is 130 Å². The van der Waals surface area contributed by atoms with Gasteiger partial charge in [0.1, 0.15) is 5.82 Å². The topological polar surface area (TPSA) is 54.2 Å². The van der Waals surface area contributed by atoms with Crippen LogP contribution in [0.25, 0.3) is 0 Å². The first-order valence-corrected chi connectivity index (χ1v) is 7.42. The van der Waals surface area contributed by atoms with Crippen LogP contribution in [0.4, 0.5) is 4.39 Å². The summed E-state index contributed by atoms with van der Waals surface area (Å²) in [6, 6.07) is 5.08. The van der Waals surface area contributed by atoms with E-state index < -0.39 is 0 Å². The van der Waals surface area contributed by atoms with E-state index in [4.69, 9.17) is 0 Å². The molecule has 2 N–H and O–H groups in total. The van der Waals surface area contributed by atoms with Crippen LogP contribution in [0, 0.1) is 12.7 Å². The van der Waals surface area contributed by atoms with Crippen molar-refractivity contribution < 1.29 is 4.39 Å². The zero-order chi connectivity index (χ0) is 15.8. The highest BCUT2D eigenvalue weighted by molar-refractivity contribution is 5.79. The van der Waals surface area contributed by atoms with E-state index in [1.165, 1.54) is 6.07 Å². The molecule has 0 aliphatic carbocycles. The van der Waals surface area contributed by atoms with Gasteiger partial charge in [0.05, 0.1) is 12.9 Å². The smallest absolute Gasteiger partial charge is 0.191 e. The minimum atomic E-state index is -0.182. The summed E-state index contributed by atoms with van der Waals surface area (Å²) in [6.07, 6.45) is 5.47. The average molecular weight is 303 g/mol. The molecule has 5 nitrogen and oxygen atoms in total. The van der Waals surface area contributed by atoms with Crippen molar-refractivity contribution in [2.45, 2.75) is 26.9 Å². The van der Waals surface area contributed by atoms with Crippen LogP contribution in [0.2, 0.25) is 0 Å². The van der Waals surface area contributed by atoms with Crippen molar-refractivity contribution in [1.29, 1.82) is 0 Å². The lowest BCUT2D eigenvalue weighted by Crippen LogP contribution is -2.38. The molecule has 2 rings (SSSR count). The molecule has 0 fully saturated rings. The molecular formula is C16H22FN5. The summed E-state index contributed by atoms with van der Waals surface area (Å²) in [6.45, 7) is 6.66. The van der Waals surface area contributed by atoms with Gasteiger partial charge in [0.25, 0.3) is 0 Å². The quantitative estimate of drug-likeness (QED) is 0.634. The zero-order valence-corrected chi connectivity index (χ0v) is 13.0. The van der Waals surface area contributed by atoms with E-state index in [0.717, 1.165) is 31.2 Å². The third kappa shape index (κ3) is 4.87. The number of nitrogens with zero attached hydrogens (tertiary/aromatic N) is 3. The predicted molar refractivity (Wildman–Crippen MR) is 86.2 cm³/mol. The first-order valence-electron chi connectivity index (χ1n) is 7.42. The fraction of sp³-hybridized carbons (Fsp3) is 0.375. The lowest BCUT2D eigenvalue weighted by molar-refractivity contribution is 0.617. The van der Waals surface area contributed by atoms with E-state index in [2.05, 4.69) is 20.6 Å². The molecule has 1 aromatic heterocycles. The maximum atomic E-state index is 13.3. The van der Waals surface area contributed by atoms with E-state index in [1.54, 1.807) is 25.5 Å². The monoisotopic (exact) mass is 303 g/mol. The fourth-order valence-electron chi connectivity index (χ4n) is 2.04. The van der Waals surface area contributed by atoms with Crippen LogP contribution >= 0.6 is 0 Å². The van der Waals surface area contributed by atoms with Crippen molar-refractivity contribution in [3.8, 4) is 0 Å². The number of hydrogen-bond donors (Lipinski definition) is 2. The third-order valence-corrected chi connectivity index (χ3v) is 3.21. The van der Waals surface area contributed by atoms with Gasteiger partial charge in [0, 0.05) is 32.0 Å². The zero-order valence-electron chi connectivity index (χ0n) is 13.0. The van der Waals surface area contributed by atoms with Gasteiger partial charge in [-0.05, 0) is 31.0 Å². The molecule has 1 heterocycles. The van der Waals surface area contributed by atoms with Gasteiger partial charge in [-0.25, -0.2) is 14.4 Å². The molecule has 6 heteroatoms. The molecule has 0 aliphatic rings. The maximum Gasteiger partial charge on any atom is 0.191 e. The number of benzene rings is 1. The molecule has 0 amide bonds. The molecule has 0 saturated carbocycles. The first kappa shape index (κ1) is 16.0. The molecule has 0 atom stereocenters. The fourth-order valence-corrected chi connectivity index (χ4v) is 2.04. The molecule has 0 radical (unpaired) electrons. The minimum Gasteiger partial charge on any atom is -0.357 e. The van der Waals surface area contributed by atoms with Crippen LogP contribution < -0.4 is 10.6 Å². The number of halogens is 1. The molecular weight excluding hydrogens is 281 g/mol. The first-order chi connectivity index (χ1) is 10.7. The number of guanidine groups is 1. The predicted octanol–water partition coefficient (Wildman–Crippen LogP) is 2.09. The van der Waals surface area contributed by atoms with Crippen LogP contribution in [0.3, 0.4) is 0 Å². The highest BCUT2D eigenvalue weighted by atomic mass is 19.1. The Morgan fingerprint density at radius 2 is 2.23 bits per heavy atom. The van der Waals surface area contributed by atoms with Crippen molar-refractivity contribution in [2.24, 2.45) is 4.99 Å². The summed E-state index contributed by atoms with van der Waals surface area (Å²) < 4.78 is 15.3. The molecule has 2 aromatic rings. The second-order valence-corrected chi connectivity index (χ2v) is 5.01. The Kier molecular flexibility index (Phi) is 5.94. The Morgan fingerprint density at radius 1 is 1.36 bits per heavy atom. The minimum absolute atomic E-state index is 0.182. The number of nitrogens with one attached hydrogen (secondary N) is 2. The van der Waals surface area contributed by atoms with Gasteiger partial charge >= 0.3 is 0 Å². The molecule has 0 spiro atoms. The summed E-state index contributed by atoms with van der Waals surface area (Å²) in [5, 5.41) is 6.47. The van der Waals surface area contributed by atoms with E-state index in [0.29, 0.717) is 12.1 Å². The molecule has 0 saturated heterocycles. The van der Waals surface area contributed by atoms with E-state index in [1.807, 2.05) is 23.8 Å². The van der Waals surface area contributed by atoms with Crippen LogP contribution in [0.5, 0.6) is 0 Å². The Bertz CT molecular complexity index is 607. The number of aliphatic imine (C=N–C) groups is 1. The van der Waals surface area contributed by atoms with Crippen molar-refractivity contribution in [2.75, 3.05) is 13.1 Å². The largest absolute Gasteiger partial charge is 0.357 e. The van der Waals surface area contributed by atoms with Gasteiger partial charge in [-0.3, -0.25) is 0 Å². The SMILES string of the molecule is CCNC(=NCc1ccc(F)c(C)c1)NCCn1ccnc1. The van der Waals surface area contributed by atoms with Gasteiger partial charge in [-0.1, -0.05) is 12.1 Å². The van der Waals surface area contributed by atoms with Gasteiger partial charge in [-0.2, -0.15) is 0 Å². The second kappa shape index (κ2) is 8.17. The molecule has 0 aliphatic heterocycles. The van der Waals surface area contributed by atoms with Gasteiger partial charge in [0.15, 0.2) is 5.96 Å². The Hall–Kier alpha value is -2.37. The molecule has 0 unspecified atom stereocenters. The summed E-state index contributed by atoms with van der Waals surface area (Å²) in [7, 11) is 0. The molecule has 0 bridgehead atoms. The van der Waals surface area contributed by atoms with E-state index in [-0.39, 0.29) is 5.82 Å². The van der Waals surface area contributed by atoms with Crippen molar-refractivity contribution >= 4 is 5.96 Å². The van der Waals surface area contributed by atoms with E-state index in [9.17, 15) is 4.39 Å². The second-order valence-electron chi connectivity index (χ2n) is 5.01. The number of aryl methyl sites for hydroxylation is 1. The number of hydrogen-bond acceptors (Lipinski definition) is 2. The van der Waals surface area contributed by atoms with Crippen LogP contribution in [-0.4, -0.2) is 28.6 Å². The van der Waals surface area contributed by atoms with Gasteiger partial charge in [-0.15, -0.1) is 0 Å². The van der Waals surface area contributed by atoms with Crippen LogP contribution in [-0.2, 0) is 13.1 Å². The lowest BCUT2D eigenvalue weighted by atomic mass is 10.1. The normalized spacial score (nSPS) is 11.5. The highest BCUT2D eigenvalue weighted by Gasteiger charge is 2.00. The Morgan fingerprint density at radius 3 is 2.91 bits per heavy atom. The maximum absolute atomic E-state index is 13.3. The Balaban J connectivity index is 1.89. The highest BCUT2D eigenvalue weighted by Crippen LogP contribution is 2.09. The summed E-state index contributed by atoms with van der Waals surface area (Å²) in [5.74, 6) is 0.572. The number of rotatable bonds is 6. The molecule has 22 heavy (non-hydrogen) atoms. The van der Waals surface area contributed by atoms with Gasteiger partial charge < -0.3 is 15.2 Å². The summed E-state index contributed by atoms with van der Waals surface area (Å²) in [5.41, 5.74) is 1.64. The molecule has 1 aromatic carbocycles. The van der Waals surface area contributed by atoms with E-state index >= 15 is 0 Å². The average Bonchev–Trinajstić information content (AvgIpc) is 3.01. The number of aromatic nitrogens is 2. The van der Waals surface area contributed by atoms with Crippen LogP contribution in [0.15, 0.2) is 41.9 Å². The summed E-state index contributed by atoms with van der Waals surface area (Å²) >= 11 is 0. The number of imidazole rings is 1.